The van der Waals surface area contributed by atoms with Gasteiger partial charge < -0.3 is 14.8 Å². The van der Waals surface area contributed by atoms with Crippen molar-refractivity contribution in [3.05, 3.63) is 46.1 Å². The molecule has 2 aromatic rings. The molecule has 2 aliphatic heterocycles. The Balaban J connectivity index is 1.63. The number of hydrogen-bond acceptors (Lipinski definition) is 3. The molecule has 2 saturated heterocycles. The fourth-order valence-corrected chi connectivity index (χ4v) is 4.55. The van der Waals surface area contributed by atoms with Crippen LogP contribution < -0.4 is 10.9 Å². The van der Waals surface area contributed by atoms with Crippen LogP contribution in [0.15, 0.2) is 29.2 Å². The fourth-order valence-electron chi connectivity index (χ4n) is 4.55. The molecule has 1 saturated carbocycles. The highest BCUT2D eigenvalue weighted by Crippen LogP contribution is 2.56. The first kappa shape index (κ1) is 18.6. The molecule has 10 heteroatoms. The Bertz CT molecular complexity index is 988. The van der Waals surface area contributed by atoms with Crippen LogP contribution in [-0.4, -0.2) is 31.8 Å². The van der Waals surface area contributed by atoms with Crippen molar-refractivity contribution in [2.24, 2.45) is 13.0 Å². The van der Waals surface area contributed by atoms with Gasteiger partial charge in [0, 0.05) is 26.3 Å². The monoisotopic (exact) mass is 395 g/mol. The second-order valence-corrected chi connectivity index (χ2v) is 7.37. The van der Waals surface area contributed by atoms with E-state index < -0.39 is 29.0 Å². The summed E-state index contributed by atoms with van der Waals surface area (Å²) in [5.41, 5.74) is -1.63. The molecule has 7 nitrogen and oxygen atoms in total. The Labute approximate surface area is 158 Å². The predicted octanol–water partition coefficient (Wildman–Crippen LogP) is 2.77. The number of aryl methyl sites for hydroxylation is 1. The van der Waals surface area contributed by atoms with Gasteiger partial charge in [0.1, 0.15) is 11.4 Å². The highest BCUT2D eigenvalue weighted by molar-refractivity contribution is 5.90. The van der Waals surface area contributed by atoms with E-state index in [1.165, 1.54) is 6.92 Å². The molecular formula is C18H20F3N5O2. The first-order chi connectivity index (χ1) is 13.2. The number of carbonyl (C=O) groups excluding carboxylic acids is 1. The predicted molar refractivity (Wildman–Crippen MR) is 94.7 cm³/mol. The molecular weight excluding hydrogens is 375 g/mol. The molecule has 2 bridgehead atoms. The number of urea groups is 1. The van der Waals surface area contributed by atoms with E-state index in [-0.39, 0.29) is 12.2 Å². The van der Waals surface area contributed by atoms with E-state index in [2.05, 4.69) is 10.4 Å². The van der Waals surface area contributed by atoms with Crippen molar-refractivity contribution in [1.82, 2.24) is 19.2 Å². The van der Waals surface area contributed by atoms with E-state index in [0.29, 0.717) is 17.0 Å². The van der Waals surface area contributed by atoms with Gasteiger partial charge in [0.25, 0.3) is 5.56 Å². The average molecular weight is 395 g/mol. The summed E-state index contributed by atoms with van der Waals surface area (Å²) in [7, 11) is 1.81. The summed E-state index contributed by atoms with van der Waals surface area (Å²) < 4.78 is 41.6. The zero-order chi connectivity index (χ0) is 20.3. The topological polar surface area (TPSA) is 72.2 Å². The third-order valence-electron chi connectivity index (χ3n) is 5.78. The lowest BCUT2D eigenvalue weighted by Gasteiger charge is -2.41. The number of fused-ring (bicyclic) bond motifs is 1. The summed E-state index contributed by atoms with van der Waals surface area (Å²) in [4.78, 5) is 27.1. The largest absolute Gasteiger partial charge is 0.431 e. The van der Waals surface area contributed by atoms with Gasteiger partial charge in [-0.1, -0.05) is 0 Å². The van der Waals surface area contributed by atoms with Gasteiger partial charge in [-0.2, -0.15) is 18.3 Å². The van der Waals surface area contributed by atoms with E-state index in [1.807, 2.05) is 13.1 Å². The van der Waals surface area contributed by atoms with Crippen molar-refractivity contribution in [3.63, 3.8) is 0 Å². The highest BCUT2D eigenvalue weighted by atomic mass is 19.4. The minimum absolute atomic E-state index is 0.151. The number of alkyl halides is 3. The van der Waals surface area contributed by atoms with Crippen LogP contribution in [0.2, 0.25) is 0 Å². The number of rotatable bonds is 3. The Hall–Kier alpha value is -2.78. The summed E-state index contributed by atoms with van der Waals surface area (Å²) in [6, 6.07) is 3.22. The number of amides is 2. The molecule has 4 heterocycles. The maximum Gasteiger partial charge on any atom is 0.431 e. The number of halogens is 3. The summed E-state index contributed by atoms with van der Waals surface area (Å²) in [5.74, 6) is 0.376. The summed E-state index contributed by atoms with van der Waals surface area (Å²) in [6.07, 6.45) is -1.35. The number of aromatic nitrogens is 3. The number of carbonyl (C=O) groups is 1. The molecule has 3 aliphatic rings. The number of hydrogen-bond donors (Lipinski definition) is 1. The van der Waals surface area contributed by atoms with Crippen molar-refractivity contribution in [2.75, 3.05) is 11.9 Å². The maximum atomic E-state index is 13.1. The first-order valence-corrected chi connectivity index (χ1v) is 9.05. The molecule has 0 spiro atoms. The van der Waals surface area contributed by atoms with Gasteiger partial charge in [0.05, 0.1) is 11.2 Å². The third-order valence-corrected chi connectivity index (χ3v) is 5.78. The van der Waals surface area contributed by atoms with Crippen molar-refractivity contribution in [2.45, 2.75) is 38.0 Å². The number of anilines is 1. The zero-order valence-corrected chi connectivity index (χ0v) is 15.5. The average Bonchev–Trinajstić information content (AvgIpc) is 3.27. The summed E-state index contributed by atoms with van der Waals surface area (Å²) >= 11 is 0. The zero-order valence-electron chi connectivity index (χ0n) is 15.5. The van der Waals surface area contributed by atoms with Gasteiger partial charge in [-0.25, -0.2) is 4.79 Å². The molecule has 5 rings (SSSR count). The normalized spacial score (nSPS) is 23.6. The van der Waals surface area contributed by atoms with Crippen LogP contribution in [0.1, 0.15) is 31.2 Å². The highest BCUT2D eigenvalue weighted by Gasteiger charge is 2.60. The third kappa shape index (κ3) is 2.61. The molecule has 1 N–H and O–H groups in total. The minimum Gasteiger partial charge on any atom is -0.313 e. The number of pyridine rings is 1. The van der Waals surface area contributed by atoms with Crippen LogP contribution >= 0.6 is 0 Å². The maximum absolute atomic E-state index is 13.1. The lowest BCUT2D eigenvalue weighted by Crippen LogP contribution is -2.49. The molecule has 150 valence electrons. The van der Waals surface area contributed by atoms with E-state index >= 15 is 0 Å². The van der Waals surface area contributed by atoms with Crippen LogP contribution in [0, 0.1) is 5.92 Å². The van der Waals surface area contributed by atoms with Gasteiger partial charge in [-0.15, -0.1) is 0 Å². The Morgan fingerprint density at radius 2 is 2.04 bits per heavy atom. The molecule has 0 aromatic carbocycles. The molecule has 0 radical (unpaired) electrons. The van der Waals surface area contributed by atoms with E-state index in [1.54, 1.807) is 15.8 Å². The molecule has 0 unspecified atom stereocenters. The molecule has 1 aliphatic carbocycles. The minimum atomic E-state index is -4.64. The van der Waals surface area contributed by atoms with Gasteiger partial charge in [-0.3, -0.25) is 9.48 Å². The lowest BCUT2D eigenvalue weighted by atomic mass is 9.71. The van der Waals surface area contributed by atoms with Crippen LogP contribution in [-0.2, 0) is 25.3 Å². The Morgan fingerprint density at radius 1 is 1.32 bits per heavy atom. The molecule has 2 amide bonds. The summed E-state index contributed by atoms with van der Waals surface area (Å²) in [6.45, 7) is 1.84. The lowest BCUT2D eigenvalue weighted by molar-refractivity contribution is -0.144. The first-order valence-electron chi connectivity index (χ1n) is 9.05. The molecule has 3 fully saturated rings. The standard InChI is InChI=1S/C18H20F3N5O2/c1-3-25-14(18(19,20)21)5-4-12(15(25)27)23-16(28)26-10-11-8-17(26,9-11)13-6-7-22-24(13)2/h4-7,11H,3,8-10H2,1-2H3,(H,23,28). The van der Waals surface area contributed by atoms with E-state index in [9.17, 15) is 22.8 Å². The van der Waals surface area contributed by atoms with E-state index in [0.717, 1.165) is 30.7 Å². The van der Waals surface area contributed by atoms with Crippen LogP contribution in [0.25, 0.3) is 0 Å². The quantitative estimate of drug-likeness (QED) is 0.869. The smallest absolute Gasteiger partial charge is 0.313 e. The van der Waals surface area contributed by atoms with Crippen LogP contribution in [0.3, 0.4) is 0 Å². The molecule has 28 heavy (non-hydrogen) atoms. The van der Waals surface area contributed by atoms with Gasteiger partial charge in [0.15, 0.2) is 0 Å². The fraction of sp³-hybridized carbons (Fsp3) is 0.500. The second-order valence-electron chi connectivity index (χ2n) is 7.37. The molecule has 0 atom stereocenters. The van der Waals surface area contributed by atoms with Crippen LogP contribution in [0.4, 0.5) is 23.7 Å². The number of nitrogens with zero attached hydrogens (tertiary/aromatic N) is 4. The van der Waals surface area contributed by atoms with Crippen molar-refractivity contribution in [3.8, 4) is 0 Å². The van der Waals surface area contributed by atoms with Gasteiger partial charge >= 0.3 is 12.2 Å². The van der Waals surface area contributed by atoms with Crippen molar-refractivity contribution >= 4 is 11.7 Å². The SMILES string of the molecule is CCn1c(C(F)(F)F)ccc(NC(=O)N2CC3CC2(c2ccnn2C)C3)c1=O. The summed E-state index contributed by atoms with van der Waals surface area (Å²) in [5, 5.41) is 6.70. The molecule has 2 aromatic heterocycles. The van der Waals surface area contributed by atoms with Gasteiger partial charge in [0.2, 0.25) is 0 Å². The second kappa shape index (κ2) is 6.11. The Morgan fingerprint density at radius 3 is 2.61 bits per heavy atom. The van der Waals surface area contributed by atoms with Crippen molar-refractivity contribution < 1.29 is 18.0 Å². The Kier molecular flexibility index (Phi) is 4.06. The number of nitrogens with one attached hydrogen (secondary N) is 1. The van der Waals surface area contributed by atoms with Crippen molar-refractivity contribution in [1.29, 1.82) is 0 Å². The van der Waals surface area contributed by atoms with Gasteiger partial charge in [-0.05, 0) is 43.9 Å². The van der Waals surface area contributed by atoms with Crippen LogP contribution in [0.5, 0.6) is 0 Å². The van der Waals surface area contributed by atoms with E-state index in [4.69, 9.17) is 0 Å².